The summed E-state index contributed by atoms with van der Waals surface area (Å²) in [4.78, 5) is 17.5. The molecule has 1 aliphatic rings. The fourth-order valence-corrected chi connectivity index (χ4v) is 3.41. The molecule has 2 aromatic rings. The molecule has 3 N–H and O–H groups in total. The molecule has 5 nitrogen and oxygen atoms in total. The summed E-state index contributed by atoms with van der Waals surface area (Å²) in [5.74, 6) is -0.891. The average Bonchev–Trinajstić information content (AvgIpc) is 3.00. The predicted octanol–water partition coefficient (Wildman–Crippen LogP) is 1.76. The topological polar surface area (TPSA) is 66.7 Å². The largest absolute Gasteiger partial charge is 0.478 e. The molecule has 1 aromatic carbocycles. The van der Waals surface area contributed by atoms with Crippen LogP contribution >= 0.6 is 0 Å². The van der Waals surface area contributed by atoms with Crippen LogP contribution < -0.4 is 10.2 Å². The number of nitrogens with one attached hydrogen (secondary N) is 2. The number of nitrogens with zero attached hydrogens (tertiary/aromatic N) is 1. The highest BCUT2D eigenvalue weighted by Crippen LogP contribution is 2.34. The van der Waals surface area contributed by atoms with Crippen molar-refractivity contribution in [2.45, 2.75) is 32.1 Å². The number of aromatic nitrogens is 1. The number of carboxylic acid groups (broad SMARTS) is 1. The number of anilines is 1. The van der Waals surface area contributed by atoms with E-state index in [9.17, 15) is 9.90 Å². The van der Waals surface area contributed by atoms with Crippen molar-refractivity contribution in [1.82, 2.24) is 4.98 Å². The van der Waals surface area contributed by atoms with E-state index in [4.69, 9.17) is 4.98 Å². The van der Waals surface area contributed by atoms with E-state index in [1.807, 2.05) is 6.07 Å². The van der Waals surface area contributed by atoms with Gasteiger partial charge in [0.15, 0.2) is 0 Å². The number of hydrogen-bond donors (Lipinski definition) is 3. The lowest BCUT2D eigenvalue weighted by molar-refractivity contribution is -0.858. The maximum absolute atomic E-state index is 11.3. The number of hydrogen-bond acceptors (Lipinski definition) is 3. The molecule has 1 heterocycles. The highest BCUT2D eigenvalue weighted by atomic mass is 16.4. The maximum Gasteiger partial charge on any atom is 0.335 e. The van der Waals surface area contributed by atoms with Gasteiger partial charge in [0, 0.05) is 23.3 Å². The number of rotatable bonds is 7. The predicted molar refractivity (Wildman–Crippen MR) is 96.1 cm³/mol. The Labute approximate surface area is 142 Å². The Hall–Kier alpha value is -2.14. The average molecular weight is 328 g/mol. The van der Waals surface area contributed by atoms with E-state index >= 15 is 0 Å². The second kappa shape index (κ2) is 7.18. The first-order valence-corrected chi connectivity index (χ1v) is 8.78. The van der Waals surface area contributed by atoms with Crippen LogP contribution in [0.15, 0.2) is 18.2 Å². The molecule has 24 heavy (non-hydrogen) atoms. The Bertz CT molecular complexity index is 756. The van der Waals surface area contributed by atoms with E-state index in [2.05, 4.69) is 19.4 Å². The number of pyridine rings is 1. The zero-order chi connectivity index (χ0) is 17.1. The first kappa shape index (κ1) is 16.7. The van der Waals surface area contributed by atoms with Crippen molar-refractivity contribution in [3.8, 4) is 0 Å². The molecular weight excluding hydrogens is 302 g/mol. The van der Waals surface area contributed by atoms with Crippen LogP contribution in [0, 0.1) is 0 Å². The van der Waals surface area contributed by atoms with Crippen LogP contribution in [0.3, 0.4) is 0 Å². The SMILES string of the molecule is C[NH+](C)CCCCNc1c2c(nc3ccc(C(=O)O)cc13)CCC2. The maximum atomic E-state index is 11.3. The zero-order valence-corrected chi connectivity index (χ0v) is 14.5. The lowest BCUT2D eigenvalue weighted by Crippen LogP contribution is -3.05. The second-order valence-electron chi connectivity index (χ2n) is 6.89. The molecule has 1 aromatic heterocycles. The van der Waals surface area contributed by atoms with Crippen molar-refractivity contribution in [2.75, 3.05) is 32.5 Å². The van der Waals surface area contributed by atoms with Crippen LogP contribution in [0.2, 0.25) is 0 Å². The van der Waals surface area contributed by atoms with Gasteiger partial charge in [-0.2, -0.15) is 0 Å². The van der Waals surface area contributed by atoms with Crippen molar-refractivity contribution in [3.05, 3.63) is 35.0 Å². The molecule has 3 rings (SSSR count). The van der Waals surface area contributed by atoms with Gasteiger partial charge < -0.3 is 15.3 Å². The normalized spacial score (nSPS) is 13.5. The van der Waals surface area contributed by atoms with Gasteiger partial charge in [-0.25, -0.2) is 4.79 Å². The van der Waals surface area contributed by atoms with Gasteiger partial charge in [-0.15, -0.1) is 0 Å². The molecule has 0 radical (unpaired) electrons. The molecule has 5 heteroatoms. The third kappa shape index (κ3) is 3.51. The van der Waals surface area contributed by atoms with E-state index in [1.165, 1.54) is 29.1 Å². The van der Waals surface area contributed by atoms with Crippen molar-refractivity contribution in [2.24, 2.45) is 0 Å². The molecule has 0 aliphatic heterocycles. The van der Waals surface area contributed by atoms with Crippen LogP contribution in [0.5, 0.6) is 0 Å². The van der Waals surface area contributed by atoms with E-state index in [0.717, 1.165) is 48.8 Å². The molecule has 128 valence electrons. The highest BCUT2D eigenvalue weighted by molar-refractivity contribution is 5.99. The van der Waals surface area contributed by atoms with Gasteiger partial charge in [0.2, 0.25) is 0 Å². The minimum Gasteiger partial charge on any atom is -0.478 e. The van der Waals surface area contributed by atoms with Crippen molar-refractivity contribution in [3.63, 3.8) is 0 Å². The fourth-order valence-electron chi connectivity index (χ4n) is 3.41. The number of quaternary nitrogens is 1. The fraction of sp³-hybridized carbons (Fsp3) is 0.474. The van der Waals surface area contributed by atoms with Gasteiger partial charge in [-0.3, -0.25) is 4.98 Å². The Kier molecular flexibility index (Phi) is 5.00. The third-order valence-electron chi connectivity index (χ3n) is 4.66. The second-order valence-corrected chi connectivity index (χ2v) is 6.89. The number of unbranched alkanes of at least 4 members (excludes halogenated alkanes) is 1. The lowest BCUT2D eigenvalue weighted by Gasteiger charge is -2.15. The number of aryl methyl sites for hydroxylation is 1. The molecule has 0 fully saturated rings. The summed E-state index contributed by atoms with van der Waals surface area (Å²) in [6.45, 7) is 2.08. The van der Waals surface area contributed by atoms with Gasteiger partial charge in [-0.1, -0.05) is 0 Å². The van der Waals surface area contributed by atoms with Crippen molar-refractivity contribution >= 4 is 22.6 Å². The van der Waals surface area contributed by atoms with Crippen molar-refractivity contribution < 1.29 is 14.8 Å². The van der Waals surface area contributed by atoms with Gasteiger partial charge in [0.25, 0.3) is 0 Å². The van der Waals surface area contributed by atoms with Crippen molar-refractivity contribution in [1.29, 1.82) is 0 Å². The minimum absolute atomic E-state index is 0.321. The van der Waals surface area contributed by atoms with Crippen LogP contribution in [-0.2, 0) is 12.8 Å². The summed E-state index contributed by atoms with van der Waals surface area (Å²) in [5, 5.41) is 13.8. The lowest BCUT2D eigenvalue weighted by atomic mass is 10.0. The summed E-state index contributed by atoms with van der Waals surface area (Å²) in [6, 6.07) is 5.23. The number of aromatic carboxylic acids is 1. The Morgan fingerprint density at radius 1 is 1.29 bits per heavy atom. The first-order chi connectivity index (χ1) is 11.6. The smallest absolute Gasteiger partial charge is 0.335 e. The molecular formula is C19H26N3O2+. The van der Waals surface area contributed by atoms with E-state index in [1.54, 1.807) is 12.1 Å². The molecule has 0 saturated carbocycles. The summed E-state index contributed by atoms with van der Waals surface area (Å²) < 4.78 is 0. The van der Waals surface area contributed by atoms with Crippen LogP contribution in [-0.4, -0.2) is 43.2 Å². The van der Waals surface area contributed by atoms with E-state index in [0.29, 0.717) is 5.56 Å². The standard InChI is InChI=1S/C19H25N3O2/c1-22(2)11-4-3-10-20-18-14-6-5-7-16(14)21-17-9-8-13(19(23)24)12-15(17)18/h8-9,12H,3-7,10-11H2,1-2H3,(H,20,21)(H,23,24)/p+1. The Morgan fingerprint density at radius 2 is 2.12 bits per heavy atom. The summed E-state index contributed by atoms with van der Waals surface area (Å²) in [6.07, 6.45) is 5.47. The number of fused-ring (bicyclic) bond motifs is 2. The van der Waals surface area contributed by atoms with E-state index < -0.39 is 5.97 Å². The first-order valence-electron chi connectivity index (χ1n) is 8.78. The molecule has 0 atom stereocenters. The van der Waals surface area contributed by atoms with Crippen LogP contribution in [0.1, 0.15) is 40.9 Å². The zero-order valence-electron chi connectivity index (χ0n) is 14.5. The summed E-state index contributed by atoms with van der Waals surface area (Å²) in [7, 11) is 4.34. The van der Waals surface area contributed by atoms with Crippen LogP contribution in [0.25, 0.3) is 10.9 Å². The summed E-state index contributed by atoms with van der Waals surface area (Å²) >= 11 is 0. The Balaban J connectivity index is 1.88. The summed E-state index contributed by atoms with van der Waals surface area (Å²) in [5.41, 5.74) is 4.77. The molecule has 0 unspecified atom stereocenters. The van der Waals surface area contributed by atoms with E-state index in [-0.39, 0.29) is 0 Å². The highest BCUT2D eigenvalue weighted by Gasteiger charge is 2.20. The Morgan fingerprint density at radius 3 is 2.88 bits per heavy atom. The van der Waals surface area contributed by atoms with Gasteiger partial charge >= 0.3 is 5.97 Å². The molecule has 1 aliphatic carbocycles. The minimum atomic E-state index is -0.891. The van der Waals surface area contributed by atoms with Gasteiger partial charge in [0.1, 0.15) is 0 Å². The monoisotopic (exact) mass is 328 g/mol. The molecule has 0 spiro atoms. The molecule has 0 bridgehead atoms. The third-order valence-corrected chi connectivity index (χ3v) is 4.66. The number of benzene rings is 1. The number of carbonyl (C=O) groups is 1. The van der Waals surface area contributed by atoms with Gasteiger partial charge in [-0.05, 0) is 55.9 Å². The quantitative estimate of drug-likeness (QED) is 0.678. The molecule has 0 saturated heterocycles. The van der Waals surface area contributed by atoms with Gasteiger partial charge in [0.05, 0.1) is 31.7 Å². The number of carboxylic acids is 1. The molecule has 0 amide bonds. The van der Waals surface area contributed by atoms with Crippen LogP contribution in [0.4, 0.5) is 5.69 Å².